The van der Waals surface area contributed by atoms with Crippen LogP contribution in [0.25, 0.3) is 0 Å². The lowest BCUT2D eigenvalue weighted by Gasteiger charge is -2.26. The highest BCUT2D eigenvalue weighted by atomic mass is 79.9. The number of aliphatic carboxylic acids is 1. The molecule has 0 spiro atoms. The van der Waals surface area contributed by atoms with Crippen LogP contribution in [0.5, 0.6) is 0 Å². The largest absolute Gasteiger partial charge is 0.480 e. The minimum Gasteiger partial charge on any atom is -0.480 e. The Morgan fingerprint density at radius 2 is 2.00 bits per heavy atom. The Morgan fingerprint density at radius 1 is 1.35 bits per heavy atom. The molecule has 3 N–H and O–H groups in total. The summed E-state index contributed by atoms with van der Waals surface area (Å²) >= 11 is 6.63. The summed E-state index contributed by atoms with van der Waals surface area (Å²) in [5, 5.41) is 14.4. The number of nitrogens with one attached hydrogen (secondary N) is 2. The van der Waals surface area contributed by atoms with Crippen molar-refractivity contribution in [3.63, 3.8) is 0 Å². The van der Waals surface area contributed by atoms with Gasteiger partial charge in [0.2, 0.25) is 0 Å². The van der Waals surface area contributed by atoms with E-state index in [-0.39, 0.29) is 0 Å². The van der Waals surface area contributed by atoms with Gasteiger partial charge in [0.25, 0.3) is 0 Å². The molecule has 0 fully saturated rings. The Hall–Kier alpha value is -1.08. The predicted octanol–water partition coefficient (Wildman–Crippen LogP) is 3.98. The highest BCUT2D eigenvalue weighted by molar-refractivity contribution is 9.11. The van der Waals surface area contributed by atoms with Crippen molar-refractivity contribution in [2.75, 3.05) is 5.32 Å². The third kappa shape index (κ3) is 4.49. The fourth-order valence-corrected chi connectivity index (χ4v) is 2.43. The molecule has 0 saturated heterocycles. The molecule has 110 valence electrons. The van der Waals surface area contributed by atoms with Crippen LogP contribution in [0.3, 0.4) is 0 Å². The maximum atomic E-state index is 11.9. The van der Waals surface area contributed by atoms with E-state index in [2.05, 4.69) is 42.5 Å². The van der Waals surface area contributed by atoms with Gasteiger partial charge in [0.05, 0.1) is 5.69 Å². The number of anilines is 1. The number of halogens is 2. The molecule has 5 nitrogen and oxygen atoms in total. The molecule has 0 heterocycles. The molecular weight excluding hydrogens is 392 g/mol. The number of carboxylic acids is 1. The monoisotopic (exact) mass is 406 g/mol. The first-order valence-electron chi connectivity index (χ1n) is 6.06. The second kappa shape index (κ2) is 7.08. The van der Waals surface area contributed by atoms with Crippen LogP contribution in [0, 0.1) is 0 Å². The van der Waals surface area contributed by atoms with Gasteiger partial charge in [-0.15, -0.1) is 0 Å². The number of carbonyl (C=O) groups is 2. The molecule has 1 unspecified atom stereocenters. The van der Waals surface area contributed by atoms with E-state index >= 15 is 0 Å². The number of urea groups is 1. The van der Waals surface area contributed by atoms with Crippen LogP contribution in [0.15, 0.2) is 27.1 Å². The summed E-state index contributed by atoms with van der Waals surface area (Å²) in [5.41, 5.74) is -0.724. The summed E-state index contributed by atoms with van der Waals surface area (Å²) in [6.45, 7) is 3.36. The zero-order valence-corrected chi connectivity index (χ0v) is 14.3. The summed E-state index contributed by atoms with van der Waals surface area (Å²) in [4.78, 5) is 23.2. The molecule has 7 heteroatoms. The molecule has 1 atom stereocenters. The van der Waals surface area contributed by atoms with Gasteiger partial charge in [0.15, 0.2) is 0 Å². The van der Waals surface area contributed by atoms with Gasteiger partial charge in [0, 0.05) is 8.95 Å². The van der Waals surface area contributed by atoms with Crippen molar-refractivity contribution >= 4 is 49.5 Å². The molecule has 0 aromatic heterocycles. The molecular formula is C13H16Br2N2O3. The lowest BCUT2D eigenvalue weighted by molar-refractivity contribution is -0.143. The third-order valence-corrected chi connectivity index (χ3v) is 3.97. The topological polar surface area (TPSA) is 78.4 Å². The Bertz CT molecular complexity index is 522. The van der Waals surface area contributed by atoms with Crippen molar-refractivity contribution in [1.82, 2.24) is 5.32 Å². The van der Waals surface area contributed by atoms with Crippen molar-refractivity contribution < 1.29 is 14.7 Å². The van der Waals surface area contributed by atoms with Crippen LogP contribution in [-0.2, 0) is 4.79 Å². The number of carboxylic acid groups (broad SMARTS) is 1. The molecule has 1 rings (SSSR count). The quantitative estimate of drug-likeness (QED) is 0.690. The fraction of sp³-hybridized carbons (Fsp3) is 0.385. The van der Waals surface area contributed by atoms with Gasteiger partial charge in [-0.1, -0.05) is 29.3 Å². The Balaban J connectivity index is 2.81. The van der Waals surface area contributed by atoms with Gasteiger partial charge >= 0.3 is 12.0 Å². The minimum absolute atomic E-state index is 0.357. The zero-order chi connectivity index (χ0) is 15.3. The smallest absolute Gasteiger partial charge is 0.329 e. The van der Waals surface area contributed by atoms with Gasteiger partial charge in [-0.05, 0) is 47.5 Å². The highest BCUT2D eigenvalue weighted by Crippen LogP contribution is 2.26. The lowest BCUT2D eigenvalue weighted by atomic mass is 9.97. The zero-order valence-electron chi connectivity index (χ0n) is 11.2. The van der Waals surface area contributed by atoms with Crippen LogP contribution in [-0.4, -0.2) is 22.6 Å². The summed E-state index contributed by atoms with van der Waals surface area (Å²) in [6, 6.07) is 4.78. The van der Waals surface area contributed by atoms with Gasteiger partial charge in [0.1, 0.15) is 5.54 Å². The number of carbonyl (C=O) groups excluding carboxylic acids is 1. The van der Waals surface area contributed by atoms with Gasteiger partial charge in [-0.25, -0.2) is 9.59 Å². The molecule has 0 aliphatic heterocycles. The molecule has 0 aliphatic carbocycles. The van der Waals surface area contributed by atoms with E-state index in [9.17, 15) is 14.7 Å². The van der Waals surface area contributed by atoms with Gasteiger partial charge in [-0.3, -0.25) is 0 Å². The van der Waals surface area contributed by atoms with E-state index in [0.717, 1.165) is 4.47 Å². The molecule has 0 saturated carbocycles. The number of hydrogen-bond donors (Lipinski definition) is 3. The summed E-state index contributed by atoms with van der Waals surface area (Å²) < 4.78 is 1.52. The molecule has 0 bridgehead atoms. The number of benzene rings is 1. The van der Waals surface area contributed by atoms with E-state index in [0.29, 0.717) is 23.0 Å². The van der Waals surface area contributed by atoms with Crippen molar-refractivity contribution in [3.05, 3.63) is 27.1 Å². The number of rotatable bonds is 5. The van der Waals surface area contributed by atoms with E-state index in [1.807, 2.05) is 13.0 Å². The fourth-order valence-electron chi connectivity index (χ4n) is 1.72. The van der Waals surface area contributed by atoms with E-state index < -0.39 is 17.5 Å². The summed E-state index contributed by atoms with van der Waals surface area (Å²) in [6.07, 6.45) is 1.01. The molecule has 20 heavy (non-hydrogen) atoms. The van der Waals surface area contributed by atoms with E-state index in [4.69, 9.17) is 0 Å². The van der Waals surface area contributed by atoms with E-state index in [1.165, 1.54) is 6.92 Å². The second-order valence-corrected chi connectivity index (χ2v) is 6.36. The first-order valence-corrected chi connectivity index (χ1v) is 7.64. The van der Waals surface area contributed by atoms with Gasteiger partial charge in [-0.2, -0.15) is 0 Å². The highest BCUT2D eigenvalue weighted by Gasteiger charge is 2.33. The number of amides is 2. The normalized spacial score (nSPS) is 13.4. The number of hydrogen-bond acceptors (Lipinski definition) is 2. The summed E-state index contributed by atoms with van der Waals surface area (Å²) in [5.74, 6) is -1.05. The molecule has 1 aromatic carbocycles. The van der Waals surface area contributed by atoms with Crippen LogP contribution < -0.4 is 10.6 Å². The minimum atomic E-state index is -1.28. The molecule has 2 amide bonds. The van der Waals surface area contributed by atoms with Crippen molar-refractivity contribution in [2.24, 2.45) is 0 Å². The first-order chi connectivity index (χ1) is 9.28. The third-order valence-electron chi connectivity index (χ3n) is 2.79. The van der Waals surface area contributed by atoms with Crippen LogP contribution in [0.2, 0.25) is 0 Å². The maximum Gasteiger partial charge on any atom is 0.329 e. The second-order valence-electron chi connectivity index (χ2n) is 4.59. The molecule has 0 radical (unpaired) electrons. The average Bonchev–Trinajstić information content (AvgIpc) is 2.33. The van der Waals surface area contributed by atoms with Crippen LogP contribution in [0.1, 0.15) is 26.7 Å². The van der Waals surface area contributed by atoms with Crippen LogP contribution in [0.4, 0.5) is 10.5 Å². The Kier molecular flexibility index (Phi) is 6.01. The summed E-state index contributed by atoms with van der Waals surface area (Å²) in [7, 11) is 0. The Morgan fingerprint density at radius 3 is 2.55 bits per heavy atom. The maximum absolute atomic E-state index is 11.9. The van der Waals surface area contributed by atoms with Crippen LogP contribution >= 0.6 is 31.9 Å². The van der Waals surface area contributed by atoms with Crippen molar-refractivity contribution in [2.45, 2.75) is 32.2 Å². The lowest BCUT2D eigenvalue weighted by Crippen LogP contribution is -2.53. The Labute approximate surface area is 134 Å². The standard InChI is InChI=1S/C13H16Br2N2O3/c1-3-6-13(2,11(18)19)17-12(20)16-10-7-8(14)4-5-9(10)15/h4-5,7H,3,6H2,1-2H3,(H,18,19)(H2,16,17,20). The van der Waals surface area contributed by atoms with Gasteiger partial charge < -0.3 is 15.7 Å². The average molecular weight is 408 g/mol. The van der Waals surface area contributed by atoms with E-state index in [1.54, 1.807) is 12.1 Å². The SMILES string of the molecule is CCCC(C)(NC(=O)Nc1cc(Br)ccc1Br)C(=O)O. The van der Waals surface area contributed by atoms with Crippen molar-refractivity contribution in [3.8, 4) is 0 Å². The molecule has 0 aliphatic rings. The molecule has 1 aromatic rings. The predicted molar refractivity (Wildman–Crippen MR) is 84.9 cm³/mol. The van der Waals surface area contributed by atoms with Crippen molar-refractivity contribution in [1.29, 1.82) is 0 Å². The first kappa shape index (κ1) is 17.0.